The topological polar surface area (TPSA) is 82.2 Å². The molecule has 3 heterocycles. The average Bonchev–Trinajstić information content (AvgIpc) is 3.21. The molecule has 0 aliphatic rings. The molecule has 0 atom stereocenters. The number of ether oxygens (including phenoxy) is 1. The fourth-order valence-corrected chi connectivity index (χ4v) is 2.56. The molecule has 0 spiro atoms. The van der Waals surface area contributed by atoms with E-state index in [9.17, 15) is 18.0 Å². The lowest BCUT2D eigenvalue weighted by molar-refractivity contribution is -0.137. The van der Waals surface area contributed by atoms with Crippen LogP contribution in [0.4, 0.5) is 18.9 Å². The Morgan fingerprint density at radius 1 is 1.24 bits per heavy atom. The SMILES string of the molecule is O=c1c(Cl)c(NCCCOCc2ccco2)cnn1-c1ccc(C(F)(F)F)cn1. The van der Waals surface area contributed by atoms with E-state index in [-0.39, 0.29) is 10.8 Å². The molecule has 0 fully saturated rings. The van der Waals surface area contributed by atoms with Gasteiger partial charge in [-0.2, -0.15) is 23.0 Å². The molecule has 0 saturated carbocycles. The van der Waals surface area contributed by atoms with Crippen molar-refractivity contribution in [3.8, 4) is 5.82 Å². The average molecular weight is 429 g/mol. The molecule has 3 rings (SSSR count). The van der Waals surface area contributed by atoms with Gasteiger partial charge in [-0.1, -0.05) is 11.6 Å². The standard InChI is InChI=1S/C18H16ClF3N4O3/c19-16-14(23-6-2-7-28-11-13-3-1-8-29-13)10-25-26(17(16)27)15-5-4-12(9-24-15)18(20,21)22/h1,3-5,8-10,23H,2,6-7,11H2. The van der Waals surface area contributed by atoms with E-state index < -0.39 is 17.3 Å². The molecule has 0 aromatic carbocycles. The Morgan fingerprint density at radius 3 is 2.72 bits per heavy atom. The van der Waals surface area contributed by atoms with Gasteiger partial charge in [0.2, 0.25) is 0 Å². The number of nitrogens with zero attached hydrogens (tertiary/aromatic N) is 3. The molecule has 0 unspecified atom stereocenters. The zero-order valence-corrected chi connectivity index (χ0v) is 15.7. The highest BCUT2D eigenvalue weighted by Gasteiger charge is 2.30. The lowest BCUT2D eigenvalue weighted by Gasteiger charge is -2.11. The van der Waals surface area contributed by atoms with E-state index in [2.05, 4.69) is 15.4 Å². The second-order valence-electron chi connectivity index (χ2n) is 5.90. The van der Waals surface area contributed by atoms with Crippen molar-refractivity contribution in [2.24, 2.45) is 0 Å². The van der Waals surface area contributed by atoms with Crippen LogP contribution in [-0.4, -0.2) is 27.9 Å². The Hall–Kier alpha value is -2.85. The molecular formula is C18H16ClF3N4O3. The van der Waals surface area contributed by atoms with Gasteiger partial charge in [0.05, 0.1) is 23.7 Å². The van der Waals surface area contributed by atoms with E-state index in [0.717, 1.165) is 22.6 Å². The molecule has 3 aromatic rings. The summed E-state index contributed by atoms with van der Waals surface area (Å²) >= 11 is 6.07. The molecule has 3 aromatic heterocycles. The molecule has 154 valence electrons. The van der Waals surface area contributed by atoms with Crippen molar-refractivity contribution in [2.45, 2.75) is 19.2 Å². The number of hydrogen-bond donors (Lipinski definition) is 1. The predicted octanol–water partition coefficient (Wildman–Crippen LogP) is 3.91. The monoisotopic (exact) mass is 428 g/mol. The lowest BCUT2D eigenvalue weighted by atomic mass is 10.3. The summed E-state index contributed by atoms with van der Waals surface area (Å²) in [6.45, 7) is 1.30. The van der Waals surface area contributed by atoms with Gasteiger partial charge in [0.1, 0.15) is 17.4 Å². The van der Waals surface area contributed by atoms with E-state index >= 15 is 0 Å². The van der Waals surface area contributed by atoms with Crippen molar-refractivity contribution in [3.63, 3.8) is 0 Å². The number of nitrogens with one attached hydrogen (secondary N) is 1. The zero-order valence-electron chi connectivity index (χ0n) is 14.9. The van der Waals surface area contributed by atoms with Gasteiger partial charge in [-0.3, -0.25) is 4.79 Å². The molecule has 0 amide bonds. The Balaban J connectivity index is 1.57. The minimum Gasteiger partial charge on any atom is -0.467 e. The van der Waals surface area contributed by atoms with Crippen LogP contribution >= 0.6 is 11.6 Å². The maximum absolute atomic E-state index is 12.6. The van der Waals surface area contributed by atoms with Crippen LogP contribution < -0.4 is 10.9 Å². The number of anilines is 1. The second-order valence-corrected chi connectivity index (χ2v) is 6.28. The van der Waals surface area contributed by atoms with E-state index in [4.69, 9.17) is 20.8 Å². The summed E-state index contributed by atoms with van der Waals surface area (Å²) in [5, 5.41) is 6.75. The maximum Gasteiger partial charge on any atom is 0.417 e. The van der Waals surface area contributed by atoms with E-state index in [0.29, 0.717) is 38.1 Å². The third-order valence-corrected chi connectivity index (χ3v) is 4.18. The van der Waals surface area contributed by atoms with Crippen LogP contribution in [0.3, 0.4) is 0 Å². The first-order chi connectivity index (χ1) is 13.9. The zero-order chi connectivity index (χ0) is 20.9. The Morgan fingerprint density at radius 2 is 2.07 bits per heavy atom. The minimum atomic E-state index is -4.52. The van der Waals surface area contributed by atoms with Gasteiger partial charge in [-0.05, 0) is 30.7 Å². The van der Waals surface area contributed by atoms with Crippen LogP contribution in [0.1, 0.15) is 17.7 Å². The molecule has 0 aliphatic heterocycles. The number of halogens is 4. The lowest BCUT2D eigenvalue weighted by Crippen LogP contribution is -2.24. The van der Waals surface area contributed by atoms with Crippen LogP contribution in [0.15, 0.2) is 52.1 Å². The highest BCUT2D eigenvalue weighted by Crippen LogP contribution is 2.28. The Labute approximate surface area is 168 Å². The van der Waals surface area contributed by atoms with Crippen LogP contribution in [0.2, 0.25) is 5.02 Å². The van der Waals surface area contributed by atoms with Crippen molar-refractivity contribution >= 4 is 17.3 Å². The number of furan rings is 1. The third-order valence-electron chi connectivity index (χ3n) is 3.82. The van der Waals surface area contributed by atoms with Crippen LogP contribution in [0.5, 0.6) is 0 Å². The quantitative estimate of drug-likeness (QED) is 0.548. The Kier molecular flexibility index (Phi) is 6.55. The first-order valence-electron chi connectivity index (χ1n) is 8.51. The van der Waals surface area contributed by atoms with Crippen molar-refractivity contribution in [3.05, 3.63) is 69.6 Å². The number of aromatic nitrogens is 3. The fraction of sp³-hybridized carbons (Fsp3) is 0.278. The highest BCUT2D eigenvalue weighted by atomic mass is 35.5. The summed E-state index contributed by atoms with van der Waals surface area (Å²) in [4.78, 5) is 16.0. The van der Waals surface area contributed by atoms with Crippen molar-refractivity contribution in [1.29, 1.82) is 0 Å². The van der Waals surface area contributed by atoms with Crippen LogP contribution in [-0.2, 0) is 17.5 Å². The second kappa shape index (κ2) is 9.10. The van der Waals surface area contributed by atoms with Gasteiger partial charge in [0.15, 0.2) is 5.82 Å². The molecule has 0 saturated heterocycles. The van der Waals surface area contributed by atoms with Gasteiger partial charge in [-0.25, -0.2) is 4.98 Å². The Bertz CT molecular complexity index is 989. The summed E-state index contributed by atoms with van der Waals surface area (Å²) in [5.74, 6) is 0.661. The van der Waals surface area contributed by atoms with E-state index in [1.165, 1.54) is 6.20 Å². The van der Waals surface area contributed by atoms with E-state index in [1.54, 1.807) is 12.3 Å². The van der Waals surface area contributed by atoms with Gasteiger partial charge in [-0.15, -0.1) is 0 Å². The highest BCUT2D eigenvalue weighted by molar-refractivity contribution is 6.32. The van der Waals surface area contributed by atoms with E-state index in [1.807, 2.05) is 6.07 Å². The first-order valence-corrected chi connectivity index (χ1v) is 8.89. The molecule has 0 radical (unpaired) electrons. The molecule has 11 heteroatoms. The molecule has 0 aliphatic carbocycles. The number of rotatable bonds is 8. The largest absolute Gasteiger partial charge is 0.467 e. The summed E-state index contributed by atoms with van der Waals surface area (Å²) in [6, 6.07) is 5.46. The van der Waals surface area contributed by atoms with Gasteiger partial charge >= 0.3 is 6.18 Å². The van der Waals surface area contributed by atoms with Crippen molar-refractivity contribution < 1.29 is 22.3 Å². The van der Waals surface area contributed by atoms with Gasteiger partial charge in [0, 0.05) is 19.3 Å². The van der Waals surface area contributed by atoms with Gasteiger partial charge in [0.25, 0.3) is 5.56 Å². The maximum atomic E-state index is 12.6. The molecule has 0 bridgehead atoms. The number of pyridine rings is 1. The number of alkyl halides is 3. The summed E-state index contributed by atoms with van der Waals surface area (Å²) in [5.41, 5.74) is -1.31. The normalized spacial score (nSPS) is 11.6. The summed E-state index contributed by atoms with van der Waals surface area (Å²) in [6.07, 6.45) is -0.367. The first kappa shape index (κ1) is 20.9. The van der Waals surface area contributed by atoms with Crippen LogP contribution in [0.25, 0.3) is 5.82 Å². The van der Waals surface area contributed by atoms with Crippen molar-refractivity contribution in [2.75, 3.05) is 18.5 Å². The summed E-state index contributed by atoms with van der Waals surface area (Å²) in [7, 11) is 0. The molecular weight excluding hydrogens is 413 g/mol. The van der Waals surface area contributed by atoms with Crippen LogP contribution in [0, 0.1) is 0 Å². The molecule has 1 N–H and O–H groups in total. The molecule has 29 heavy (non-hydrogen) atoms. The summed E-state index contributed by atoms with van der Waals surface area (Å²) < 4.78 is 49.3. The predicted molar refractivity (Wildman–Crippen MR) is 99.1 cm³/mol. The smallest absolute Gasteiger partial charge is 0.417 e. The minimum absolute atomic E-state index is 0.0669. The molecule has 7 nitrogen and oxygen atoms in total. The van der Waals surface area contributed by atoms with Crippen molar-refractivity contribution in [1.82, 2.24) is 14.8 Å². The van der Waals surface area contributed by atoms with Gasteiger partial charge < -0.3 is 14.5 Å². The fourth-order valence-electron chi connectivity index (χ4n) is 2.36. The number of hydrogen-bond acceptors (Lipinski definition) is 6. The third kappa shape index (κ3) is 5.36.